The van der Waals surface area contributed by atoms with Gasteiger partial charge in [-0.25, -0.2) is 0 Å². The zero-order chi connectivity index (χ0) is 13.0. The first kappa shape index (κ1) is 14.3. The molecule has 106 valence electrons. The van der Waals surface area contributed by atoms with Crippen molar-refractivity contribution in [3.05, 3.63) is 0 Å². The molecule has 2 fully saturated rings. The summed E-state index contributed by atoms with van der Waals surface area (Å²) in [5, 5.41) is 9.25. The Bertz CT molecular complexity index is 241. The van der Waals surface area contributed by atoms with Crippen LogP contribution in [-0.2, 0) is 0 Å². The van der Waals surface area contributed by atoms with E-state index in [2.05, 4.69) is 23.8 Å². The van der Waals surface area contributed by atoms with E-state index in [9.17, 15) is 5.11 Å². The fraction of sp³-hybridized carbons (Fsp3) is 1.00. The van der Waals surface area contributed by atoms with Gasteiger partial charge in [-0.3, -0.25) is 4.90 Å². The van der Waals surface area contributed by atoms with Crippen LogP contribution in [0.2, 0.25) is 0 Å². The van der Waals surface area contributed by atoms with Crippen LogP contribution in [0, 0.1) is 0 Å². The van der Waals surface area contributed by atoms with Crippen LogP contribution in [0.15, 0.2) is 0 Å². The van der Waals surface area contributed by atoms with Gasteiger partial charge in [0.15, 0.2) is 0 Å². The average Bonchev–Trinajstić information content (AvgIpc) is 2.53. The zero-order valence-electron chi connectivity index (χ0n) is 12.1. The van der Waals surface area contributed by atoms with Crippen molar-refractivity contribution in [3.8, 4) is 0 Å². The van der Waals surface area contributed by atoms with E-state index in [0.29, 0.717) is 18.7 Å². The van der Waals surface area contributed by atoms with E-state index in [1.165, 1.54) is 45.1 Å². The Morgan fingerprint density at radius 1 is 1.11 bits per heavy atom. The highest BCUT2D eigenvalue weighted by molar-refractivity contribution is 4.87. The molecule has 0 bridgehead atoms. The first-order valence-corrected chi connectivity index (χ1v) is 7.79. The quantitative estimate of drug-likeness (QED) is 0.835. The Balaban J connectivity index is 2.01. The van der Waals surface area contributed by atoms with Gasteiger partial charge < -0.3 is 10.0 Å². The van der Waals surface area contributed by atoms with Crippen LogP contribution in [0.3, 0.4) is 0 Å². The van der Waals surface area contributed by atoms with Crippen LogP contribution >= 0.6 is 0 Å². The Morgan fingerprint density at radius 3 is 2.50 bits per heavy atom. The van der Waals surface area contributed by atoms with Gasteiger partial charge in [-0.15, -0.1) is 0 Å². The van der Waals surface area contributed by atoms with Crippen molar-refractivity contribution in [2.45, 2.75) is 70.0 Å². The summed E-state index contributed by atoms with van der Waals surface area (Å²) in [7, 11) is 2.22. The molecule has 0 aromatic rings. The van der Waals surface area contributed by atoms with Gasteiger partial charge in [0.1, 0.15) is 0 Å². The van der Waals surface area contributed by atoms with Gasteiger partial charge in [-0.2, -0.15) is 0 Å². The second kappa shape index (κ2) is 6.88. The lowest BCUT2D eigenvalue weighted by Gasteiger charge is -2.39. The number of aliphatic hydroxyl groups excluding tert-OH is 1. The van der Waals surface area contributed by atoms with Gasteiger partial charge in [0, 0.05) is 31.3 Å². The summed E-state index contributed by atoms with van der Waals surface area (Å²) in [5.41, 5.74) is 0. The summed E-state index contributed by atoms with van der Waals surface area (Å²) in [5.74, 6) is 0. The van der Waals surface area contributed by atoms with Crippen LogP contribution in [0.25, 0.3) is 0 Å². The van der Waals surface area contributed by atoms with Crippen LogP contribution in [-0.4, -0.2) is 59.8 Å². The summed E-state index contributed by atoms with van der Waals surface area (Å²) >= 11 is 0. The van der Waals surface area contributed by atoms with Crippen molar-refractivity contribution in [2.24, 2.45) is 0 Å². The molecule has 2 aliphatic rings. The molecule has 1 heterocycles. The highest BCUT2D eigenvalue weighted by Gasteiger charge is 2.31. The third kappa shape index (κ3) is 3.46. The highest BCUT2D eigenvalue weighted by Crippen LogP contribution is 2.27. The summed E-state index contributed by atoms with van der Waals surface area (Å²) in [6, 6.07) is 2.06. The molecule has 0 aromatic carbocycles. The normalized spacial score (nSPS) is 33.5. The van der Waals surface area contributed by atoms with Crippen LogP contribution in [0.1, 0.15) is 51.9 Å². The molecule has 1 N–H and O–H groups in total. The molecular weight excluding hydrogens is 224 g/mol. The molecule has 0 spiro atoms. The molecule has 0 radical (unpaired) electrons. The molecule has 2 unspecified atom stereocenters. The number of nitrogens with zero attached hydrogens (tertiary/aromatic N) is 2. The molecule has 3 nitrogen and oxygen atoms in total. The first-order valence-electron chi connectivity index (χ1n) is 7.79. The Hall–Kier alpha value is -0.120. The monoisotopic (exact) mass is 254 g/mol. The molecular formula is C15H30N2O. The van der Waals surface area contributed by atoms with E-state index < -0.39 is 0 Å². The summed E-state index contributed by atoms with van der Waals surface area (Å²) in [6.07, 6.45) is 9.22. The van der Waals surface area contributed by atoms with Gasteiger partial charge in [0.05, 0.1) is 0 Å². The van der Waals surface area contributed by atoms with E-state index >= 15 is 0 Å². The van der Waals surface area contributed by atoms with Crippen molar-refractivity contribution in [3.63, 3.8) is 0 Å². The van der Waals surface area contributed by atoms with Crippen LogP contribution in [0.4, 0.5) is 0 Å². The second-order valence-electron chi connectivity index (χ2n) is 6.27. The molecule has 2 atom stereocenters. The van der Waals surface area contributed by atoms with Gasteiger partial charge in [0.2, 0.25) is 0 Å². The standard InChI is InChI=1S/C15H30N2O/c1-13-8-10-16(2)15(9-11-18)12-17(13)14-6-4-3-5-7-14/h13-15,18H,3-12H2,1-2H3. The Kier molecular flexibility index (Phi) is 5.46. The Morgan fingerprint density at radius 2 is 1.83 bits per heavy atom. The van der Waals surface area contributed by atoms with Crippen molar-refractivity contribution in [1.82, 2.24) is 9.80 Å². The fourth-order valence-electron chi connectivity index (χ4n) is 3.68. The van der Waals surface area contributed by atoms with E-state index in [0.717, 1.165) is 19.0 Å². The van der Waals surface area contributed by atoms with E-state index in [-0.39, 0.29) is 0 Å². The molecule has 1 saturated heterocycles. The SMILES string of the molecule is CC1CCN(C)C(CCO)CN1C1CCCCC1. The Labute approximate surface area is 112 Å². The van der Waals surface area contributed by atoms with E-state index in [4.69, 9.17) is 0 Å². The molecule has 1 aliphatic heterocycles. The predicted molar refractivity (Wildman–Crippen MR) is 75.8 cm³/mol. The van der Waals surface area contributed by atoms with Crippen molar-refractivity contribution in [2.75, 3.05) is 26.7 Å². The topological polar surface area (TPSA) is 26.7 Å². The van der Waals surface area contributed by atoms with Crippen LogP contribution in [0.5, 0.6) is 0 Å². The van der Waals surface area contributed by atoms with Crippen LogP contribution < -0.4 is 0 Å². The maximum Gasteiger partial charge on any atom is 0.0446 e. The minimum absolute atomic E-state index is 0.321. The number of aliphatic hydroxyl groups is 1. The minimum Gasteiger partial charge on any atom is -0.396 e. The minimum atomic E-state index is 0.321. The largest absolute Gasteiger partial charge is 0.396 e. The summed E-state index contributed by atoms with van der Waals surface area (Å²) in [6.45, 7) is 5.05. The molecule has 0 aromatic heterocycles. The summed E-state index contributed by atoms with van der Waals surface area (Å²) < 4.78 is 0. The van der Waals surface area contributed by atoms with Crippen molar-refractivity contribution < 1.29 is 5.11 Å². The predicted octanol–water partition coefficient (Wildman–Crippen LogP) is 2.10. The average molecular weight is 254 g/mol. The molecule has 0 amide bonds. The van der Waals surface area contributed by atoms with Crippen molar-refractivity contribution in [1.29, 1.82) is 0 Å². The lowest BCUT2D eigenvalue weighted by Crippen LogP contribution is -2.47. The smallest absolute Gasteiger partial charge is 0.0446 e. The number of rotatable bonds is 3. The zero-order valence-corrected chi connectivity index (χ0v) is 12.1. The third-order valence-corrected chi connectivity index (χ3v) is 5.02. The third-order valence-electron chi connectivity index (χ3n) is 5.02. The second-order valence-corrected chi connectivity index (χ2v) is 6.27. The van der Waals surface area contributed by atoms with Gasteiger partial charge in [0.25, 0.3) is 0 Å². The lowest BCUT2D eigenvalue weighted by atomic mass is 9.92. The molecule has 3 heteroatoms. The number of likely N-dealkylation sites (N-methyl/N-ethyl adjacent to an activating group) is 1. The lowest BCUT2D eigenvalue weighted by molar-refractivity contribution is 0.0932. The molecule has 2 rings (SSSR count). The number of hydrogen-bond donors (Lipinski definition) is 1. The molecule has 1 saturated carbocycles. The highest BCUT2D eigenvalue weighted by atomic mass is 16.3. The van der Waals surface area contributed by atoms with E-state index in [1.807, 2.05) is 0 Å². The first-order chi connectivity index (χ1) is 8.72. The van der Waals surface area contributed by atoms with Gasteiger partial charge in [-0.1, -0.05) is 19.3 Å². The maximum atomic E-state index is 9.25. The fourth-order valence-corrected chi connectivity index (χ4v) is 3.68. The van der Waals surface area contributed by atoms with Gasteiger partial charge >= 0.3 is 0 Å². The number of hydrogen-bond acceptors (Lipinski definition) is 3. The summed E-state index contributed by atoms with van der Waals surface area (Å²) in [4.78, 5) is 5.21. The maximum absolute atomic E-state index is 9.25. The van der Waals surface area contributed by atoms with Gasteiger partial charge in [-0.05, 0) is 46.2 Å². The van der Waals surface area contributed by atoms with E-state index in [1.54, 1.807) is 0 Å². The molecule has 1 aliphatic carbocycles. The molecule has 18 heavy (non-hydrogen) atoms. The van der Waals surface area contributed by atoms with Crippen molar-refractivity contribution >= 4 is 0 Å².